The number of rotatable bonds is 6. The van der Waals surface area contributed by atoms with Crippen molar-refractivity contribution in [2.75, 3.05) is 26.1 Å². The van der Waals surface area contributed by atoms with Gasteiger partial charge in [-0.25, -0.2) is 4.98 Å². The van der Waals surface area contributed by atoms with Crippen LogP contribution < -0.4 is 15.0 Å². The second-order valence-corrected chi connectivity index (χ2v) is 5.55. The van der Waals surface area contributed by atoms with Crippen molar-refractivity contribution in [1.29, 1.82) is 0 Å². The van der Waals surface area contributed by atoms with Crippen molar-refractivity contribution >= 4 is 16.5 Å². The first-order valence-corrected chi connectivity index (χ1v) is 6.96. The number of nitrogens with one attached hydrogen (secondary N) is 1. The number of benzene rings is 1. The van der Waals surface area contributed by atoms with Crippen LogP contribution in [0.4, 0.5) is 5.13 Å². The normalized spacial score (nSPS) is 10.5. The first-order valence-electron chi connectivity index (χ1n) is 6.14. The van der Waals surface area contributed by atoms with Crippen molar-refractivity contribution in [2.24, 2.45) is 0 Å². The maximum atomic E-state index is 5.14. The lowest BCUT2D eigenvalue weighted by atomic mass is 10.2. The van der Waals surface area contributed by atoms with Crippen LogP contribution >= 0.6 is 11.3 Å². The number of anilines is 1. The molecule has 0 aliphatic heterocycles. The summed E-state index contributed by atoms with van der Waals surface area (Å²) in [6.07, 6.45) is 1.93. The van der Waals surface area contributed by atoms with Crippen molar-refractivity contribution in [2.45, 2.75) is 13.1 Å². The van der Waals surface area contributed by atoms with Gasteiger partial charge >= 0.3 is 0 Å². The summed E-state index contributed by atoms with van der Waals surface area (Å²) < 4.78 is 5.14. The number of methoxy groups -OCH3 is 1. The summed E-state index contributed by atoms with van der Waals surface area (Å²) in [5, 5.41) is 4.46. The highest BCUT2D eigenvalue weighted by atomic mass is 32.1. The largest absolute Gasteiger partial charge is 0.497 e. The lowest BCUT2D eigenvalue weighted by Gasteiger charge is -2.06. The van der Waals surface area contributed by atoms with Gasteiger partial charge in [0.05, 0.1) is 7.11 Å². The predicted molar refractivity (Wildman–Crippen MR) is 80.0 cm³/mol. The fourth-order valence-corrected chi connectivity index (χ4v) is 2.46. The van der Waals surface area contributed by atoms with Gasteiger partial charge in [-0.1, -0.05) is 12.1 Å². The van der Waals surface area contributed by atoms with E-state index in [-0.39, 0.29) is 0 Å². The summed E-state index contributed by atoms with van der Waals surface area (Å²) >= 11 is 1.71. The molecule has 0 fully saturated rings. The van der Waals surface area contributed by atoms with Gasteiger partial charge in [0, 0.05) is 38.3 Å². The fourth-order valence-electron chi connectivity index (χ4n) is 1.66. The zero-order valence-electron chi connectivity index (χ0n) is 11.5. The number of nitrogens with zero attached hydrogens (tertiary/aromatic N) is 2. The van der Waals surface area contributed by atoms with Crippen LogP contribution in [-0.4, -0.2) is 26.2 Å². The molecule has 1 aromatic carbocycles. The summed E-state index contributed by atoms with van der Waals surface area (Å²) in [5.41, 5.74) is 1.25. The minimum Gasteiger partial charge on any atom is -0.497 e. The molecule has 0 saturated carbocycles. The Morgan fingerprint density at radius 3 is 2.53 bits per heavy atom. The van der Waals surface area contributed by atoms with Crippen LogP contribution in [0, 0.1) is 0 Å². The lowest BCUT2D eigenvalue weighted by Crippen LogP contribution is -2.11. The maximum Gasteiger partial charge on any atom is 0.185 e. The molecule has 0 spiro atoms. The Balaban J connectivity index is 1.81. The van der Waals surface area contributed by atoms with Gasteiger partial charge in [0.25, 0.3) is 0 Å². The smallest absolute Gasteiger partial charge is 0.185 e. The molecular weight excluding hydrogens is 258 g/mol. The van der Waals surface area contributed by atoms with Crippen molar-refractivity contribution in [3.05, 3.63) is 40.9 Å². The summed E-state index contributed by atoms with van der Waals surface area (Å²) in [7, 11) is 5.69. The molecule has 0 aliphatic rings. The maximum absolute atomic E-state index is 5.14. The Morgan fingerprint density at radius 2 is 1.95 bits per heavy atom. The van der Waals surface area contributed by atoms with E-state index < -0.39 is 0 Å². The molecule has 19 heavy (non-hydrogen) atoms. The van der Waals surface area contributed by atoms with Crippen LogP contribution in [0.25, 0.3) is 0 Å². The van der Waals surface area contributed by atoms with Gasteiger partial charge in [-0.3, -0.25) is 0 Å². The highest BCUT2D eigenvalue weighted by Gasteiger charge is 2.03. The van der Waals surface area contributed by atoms with E-state index in [4.69, 9.17) is 4.74 Å². The van der Waals surface area contributed by atoms with Crippen molar-refractivity contribution in [3.63, 3.8) is 0 Å². The molecule has 0 saturated heterocycles. The first kappa shape index (κ1) is 13.8. The first-order chi connectivity index (χ1) is 9.19. The summed E-state index contributed by atoms with van der Waals surface area (Å²) in [6, 6.07) is 8.11. The standard InChI is InChI=1S/C14H19N3OS/c1-17(2)14-16-10-13(19-14)9-15-8-11-4-6-12(18-3)7-5-11/h4-7,10,15H,8-9H2,1-3H3. The van der Waals surface area contributed by atoms with Crippen LogP contribution in [-0.2, 0) is 13.1 Å². The Morgan fingerprint density at radius 1 is 1.21 bits per heavy atom. The molecule has 102 valence electrons. The van der Waals surface area contributed by atoms with Gasteiger partial charge in [-0.05, 0) is 17.7 Å². The molecule has 0 radical (unpaired) electrons. The predicted octanol–water partition coefficient (Wildman–Crippen LogP) is 2.51. The van der Waals surface area contributed by atoms with Gasteiger partial charge in [-0.2, -0.15) is 0 Å². The van der Waals surface area contributed by atoms with Crippen molar-refractivity contribution in [3.8, 4) is 5.75 Å². The van der Waals surface area contributed by atoms with Gasteiger partial charge in [0.1, 0.15) is 5.75 Å². The van der Waals surface area contributed by atoms with Crippen LogP contribution in [0.5, 0.6) is 5.75 Å². The van der Waals surface area contributed by atoms with Crippen molar-refractivity contribution < 1.29 is 4.74 Å². The quantitative estimate of drug-likeness (QED) is 0.880. The molecule has 0 bridgehead atoms. The monoisotopic (exact) mass is 277 g/mol. The highest BCUT2D eigenvalue weighted by Crippen LogP contribution is 2.20. The minimum absolute atomic E-state index is 0.845. The zero-order chi connectivity index (χ0) is 13.7. The van der Waals surface area contributed by atoms with Gasteiger partial charge in [-0.15, -0.1) is 11.3 Å². The van der Waals surface area contributed by atoms with E-state index in [9.17, 15) is 0 Å². The average molecular weight is 277 g/mol. The molecule has 1 heterocycles. The highest BCUT2D eigenvalue weighted by molar-refractivity contribution is 7.15. The Kier molecular flexibility index (Phi) is 4.76. The van der Waals surface area contributed by atoms with E-state index >= 15 is 0 Å². The molecule has 2 rings (SSSR count). The third-order valence-corrected chi connectivity index (χ3v) is 3.88. The molecule has 0 aliphatic carbocycles. The molecular formula is C14H19N3OS. The van der Waals surface area contributed by atoms with Gasteiger partial charge in [0.2, 0.25) is 0 Å². The summed E-state index contributed by atoms with van der Waals surface area (Å²) in [4.78, 5) is 7.62. The summed E-state index contributed by atoms with van der Waals surface area (Å²) in [5.74, 6) is 0.891. The van der Waals surface area contributed by atoms with Crippen LogP contribution in [0.15, 0.2) is 30.5 Å². The molecule has 0 atom stereocenters. The van der Waals surface area contributed by atoms with Gasteiger partial charge in [0.15, 0.2) is 5.13 Å². The second-order valence-electron chi connectivity index (χ2n) is 4.46. The topological polar surface area (TPSA) is 37.4 Å². The van der Waals surface area contributed by atoms with Crippen LogP contribution in [0.1, 0.15) is 10.4 Å². The Labute approximate surface area is 118 Å². The second kappa shape index (κ2) is 6.54. The number of hydrogen-bond acceptors (Lipinski definition) is 5. The molecule has 5 heteroatoms. The number of ether oxygens (including phenoxy) is 1. The molecule has 1 aromatic heterocycles. The van der Waals surface area contributed by atoms with Crippen LogP contribution in [0.2, 0.25) is 0 Å². The zero-order valence-corrected chi connectivity index (χ0v) is 12.3. The molecule has 1 N–H and O–H groups in total. The van der Waals surface area contributed by atoms with Crippen LogP contribution in [0.3, 0.4) is 0 Å². The van der Waals surface area contributed by atoms with E-state index in [1.807, 2.05) is 37.3 Å². The molecule has 0 unspecified atom stereocenters. The Bertz CT molecular complexity index is 508. The number of aromatic nitrogens is 1. The summed E-state index contributed by atoms with van der Waals surface area (Å²) in [6.45, 7) is 1.69. The van der Waals surface area contributed by atoms with E-state index in [0.29, 0.717) is 0 Å². The fraction of sp³-hybridized carbons (Fsp3) is 0.357. The van der Waals surface area contributed by atoms with E-state index in [1.165, 1.54) is 10.4 Å². The average Bonchev–Trinajstić information content (AvgIpc) is 2.89. The molecule has 0 amide bonds. The Hall–Kier alpha value is -1.59. The third kappa shape index (κ3) is 3.94. The van der Waals surface area contributed by atoms with Gasteiger partial charge < -0.3 is 15.0 Å². The molecule has 4 nitrogen and oxygen atoms in total. The molecule has 2 aromatic rings. The van der Waals surface area contributed by atoms with E-state index in [2.05, 4.69) is 22.4 Å². The number of hydrogen-bond donors (Lipinski definition) is 1. The number of thiazole rings is 1. The van der Waals surface area contributed by atoms with Crippen molar-refractivity contribution in [1.82, 2.24) is 10.3 Å². The van der Waals surface area contributed by atoms with E-state index in [1.54, 1.807) is 18.4 Å². The van der Waals surface area contributed by atoms with E-state index in [0.717, 1.165) is 24.0 Å². The SMILES string of the molecule is COc1ccc(CNCc2cnc(N(C)C)s2)cc1. The minimum atomic E-state index is 0.845. The third-order valence-electron chi connectivity index (χ3n) is 2.71. The lowest BCUT2D eigenvalue weighted by molar-refractivity contribution is 0.414.